The molecule has 2 spiro atoms. The summed E-state index contributed by atoms with van der Waals surface area (Å²) in [5.41, 5.74) is -6.70. The highest BCUT2D eigenvalue weighted by atomic mass is 16.8. The van der Waals surface area contributed by atoms with Crippen LogP contribution in [0.2, 0.25) is 0 Å². The second-order valence-electron chi connectivity index (χ2n) is 10.9. The topological polar surface area (TPSA) is 135 Å². The van der Waals surface area contributed by atoms with Crippen LogP contribution in [0.25, 0.3) is 0 Å². The summed E-state index contributed by atoms with van der Waals surface area (Å²) in [7, 11) is 0. The van der Waals surface area contributed by atoms with Crippen LogP contribution in [-0.2, 0) is 23.7 Å². The lowest BCUT2D eigenvalue weighted by Gasteiger charge is -2.48. The third-order valence-corrected chi connectivity index (χ3v) is 9.06. The van der Waals surface area contributed by atoms with Gasteiger partial charge in [0.2, 0.25) is 5.60 Å². The molecule has 0 aromatic carbocycles. The number of rotatable bonds is 0. The molecule has 2 saturated carbocycles. The van der Waals surface area contributed by atoms with Crippen molar-refractivity contribution in [2.75, 3.05) is 6.61 Å². The molecule has 2 aliphatic carbocycles. The van der Waals surface area contributed by atoms with Crippen molar-refractivity contribution in [2.45, 2.75) is 82.3 Å². The molecular weight excluding hydrogens is 384 g/mol. The van der Waals surface area contributed by atoms with E-state index in [-0.39, 0.29) is 13.0 Å². The number of ether oxygens (including phenoxy) is 4. The van der Waals surface area contributed by atoms with Gasteiger partial charge < -0.3 is 39.4 Å². The zero-order valence-corrected chi connectivity index (χ0v) is 16.9. The molecule has 0 aromatic heterocycles. The maximum absolute atomic E-state index is 13.4. The molecule has 6 unspecified atom stereocenters. The quantitative estimate of drug-likeness (QED) is 0.366. The Balaban J connectivity index is 1.70. The monoisotopic (exact) mass is 412 g/mol. The number of hydrogen-bond acceptors (Lipinski definition) is 9. The molecule has 4 aliphatic heterocycles. The van der Waals surface area contributed by atoms with Crippen molar-refractivity contribution in [3.8, 4) is 0 Å². The van der Waals surface area contributed by atoms with Crippen LogP contribution >= 0.6 is 0 Å². The molecule has 4 heterocycles. The van der Waals surface area contributed by atoms with E-state index in [1.165, 1.54) is 0 Å². The molecule has 29 heavy (non-hydrogen) atoms. The Morgan fingerprint density at radius 2 is 1.86 bits per heavy atom. The summed E-state index contributed by atoms with van der Waals surface area (Å²) in [6.07, 6.45) is -6.79. The number of fused-ring (bicyclic) bond motifs is 1. The summed E-state index contributed by atoms with van der Waals surface area (Å²) in [6, 6.07) is 0. The van der Waals surface area contributed by atoms with Crippen molar-refractivity contribution in [3.05, 3.63) is 0 Å². The van der Waals surface area contributed by atoms with Crippen LogP contribution in [0.15, 0.2) is 0 Å². The summed E-state index contributed by atoms with van der Waals surface area (Å²) in [4.78, 5) is 13.4. The summed E-state index contributed by atoms with van der Waals surface area (Å²) >= 11 is 0. The molecule has 162 valence electrons. The standard InChI is InChI=1S/C20H28O9/c1-7-6-26-8-5-17-12-9(21)10(16(2,3)4)18(17)11(22)13(23)28-15(18)29-20(17,14(24)27-12)19(7,8)25/h7-13,15,21-23,25H,5-6H2,1-4H3/t7-,8?,9-,10+,11+,12?,13+,15?,17?,18?,19-,20?/m1/s1. The number of hydrogen-bond donors (Lipinski definition) is 4. The van der Waals surface area contributed by atoms with E-state index in [9.17, 15) is 25.2 Å². The molecule has 9 nitrogen and oxygen atoms in total. The second kappa shape index (κ2) is 4.82. The van der Waals surface area contributed by atoms with E-state index < -0.39 is 82.2 Å². The highest BCUT2D eigenvalue weighted by Gasteiger charge is 3.01. The van der Waals surface area contributed by atoms with Crippen LogP contribution in [0.1, 0.15) is 34.1 Å². The fraction of sp³-hybridized carbons (Fsp3) is 0.950. The van der Waals surface area contributed by atoms with E-state index in [0.29, 0.717) is 0 Å². The summed E-state index contributed by atoms with van der Waals surface area (Å²) < 4.78 is 23.6. The van der Waals surface area contributed by atoms with Gasteiger partial charge in [0.1, 0.15) is 17.8 Å². The number of aliphatic hydroxyl groups is 4. The third-order valence-electron chi connectivity index (χ3n) is 9.06. The average Bonchev–Trinajstić information content (AvgIpc) is 3.31. The fourth-order valence-electron chi connectivity index (χ4n) is 8.45. The van der Waals surface area contributed by atoms with Gasteiger partial charge in [-0.3, -0.25) is 0 Å². The summed E-state index contributed by atoms with van der Waals surface area (Å²) in [5.74, 6) is -1.80. The molecule has 0 bridgehead atoms. The lowest BCUT2D eigenvalue weighted by Crippen LogP contribution is -2.66. The third kappa shape index (κ3) is 1.45. The highest BCUT2D eigenvalue weighted by Crippen LogP contribution is 2.84. The molecule has 4 N–H and O–H groups in total. The number of aliphatic hydroxyl groups excluding tert-OH is 3. The molecule has 0 amide bonds. The summed E-state index contributed by atoms with van der Waals surface area (Å²) in [6.45, 7) is 7.82. The molecule has 6 aliphatic rings. The summed E-state index contributed by atoms with van der Waals surface area (Å²) in [5, 5.41) is 45.1. The van der Waals surface area contributed by atoms with Crippen molar-refractivity contribution < 1.29 is 44.2 Å². The van der Waals surface area contributed by atoms with Crippen molar-refractivity contribution in [1.82, 2.24) is 0 Å². The molecule has 9 heteroatoms. The second-order valence-corrected chi connectivity index (χ2v) is 10.9. The normalized spacial score (nSPS) is 64.8. The molecular formula is C20H28O9. The van der Waals surface area contributed by atoms with E-state index in [1.807, 2.05) is 20.8 Å². The van der Waals surface area contributed by atoms with Crippen LogP contribution in [0, 0.1) is 28.1 Å². The Hall–Kier alpha value is -0.810. The van der Waals surface area contributed by atoms with E-state index in [2.05, 4.69) is 0 Å². The minimum atomic E-state index is -1.84. The Kier molecular flexibility index (Phi) is 3.15. The average molecular weight is 412 g/mol. The maximum Gasteiger partial charge on any atom is 0.342 e. The van der Waals surface area contributed by atoms with Gasteiger partial charge in [-0.15, -0.1) is 0 Å². The smallest absolute Gasteiger partial charge is 0.342 e. The van der Waals surface area contributed by atoms with Gasteiger partial charge in [-0.1, -0.05) is 27.7 Å². The van der Waals surface area contributed by atoms with Crippen LogP contribution in [0.4, 0.5) is 0 Å². The predicted octanol–water partition coefficient (Wildman–Crippen LogP) is -1.10. The van der Waals surface area contributed by atoms with Gasteiger partial charge in [0, 0.05) is 11.8 Å². The van der Waals surface area contributed by atoms with Crippen molar-refractivity contribution in [3.63, 3.8) is 0 Å². The van der Waals surface area contributed by atoms with Gasteiger partial charge in [-0.2, -0.15) is 0 Å². The Labute approximate surface area is 167 Å². The van der Waals surface area contributed by atoms with Gasteiger partial charge in [0.15, 0.2) is 12.6 Å². The van der Waals surface area contributed by atoms with Crippen LogP contribution in [0.3, 0.4) is 0 Å². The van der Waals surface area contributed by atoms with Crippen molar-refractivity contribution >= 4 is 5.97 Å². The molecule has 4 saturated heterocycles. The number of esters is 1. The van der Waals surface area contributed by atoms with Crippen LogP contribution in [0.5, 0.6) is 0 Å². The Morgan fingerprint density at radius 1 is 1.17 bits per heavy atom. The molecule has 0 aromatic rings. The van der Waals surface area contributed by atoms with E-state index >= 15 is 0 Å². The number of carbonyl (C=O) groups excluding carboxylic acids is 1. The minimum Gasteiger partial charge on any atom is -0.457 e. The van der Waals surface area contributed by atoms with Crippen LogP contribution < -0.4 is 0 Å². The van der Waals surface area contributed by atoms with Gasteiger partial charge in [-0.05, 0) is 11.8 Å². The van der Waals surface area contributed by atoms with Crippen molar-refractivity contribution in [1.29, 1.82) is 0 Å². The minimum absolute atomic E-state index is 0.164. The zero-order chi connectivity index (χ0) is 20.9. The first-order chi connectivity index (χ1) is 13.4. The van der Waals surface area contributed by atoms with Crippen molar-refractivity contribution in [2.24, 2.45) is 28.1 Å². The first-order valence-corrected chi connectivity index (χ1v) is 10.3. The number of carbonyl (C=O) groups is 1. The lowest BCUT2D eigenvalue weighted by atomic mass is 9.51. The Bertz CT molecular complexity index is 810. The maximum atomic E-state index is 13.4. The highest BCUT2D eigenvalue weighted by molar-refractivity contribution is 5.89. The van der Waals surface area contributed by atoms with Gasteiger partial charge in [0.25, 0.3) is 0 Å². The molecule has 12 atom stereocenters. The van der Waals surface area contributed by atoms with E-state index in [1.54, 1.807) is 6.92 Å². The van der Waals surface area contributed by atoms with E-state index in [0.717, 1.165) is 0 Å². The zero-order valence-electron chi connectivity index (χ0n) is 16.9. The molecule has 6 fully saturated rings. The van der Waals surface area contributed by atoms with Gasteiger partial charge in [-0.25, -0.2) is 4.79 Å². The fourth-order valence-corrected chi connectivity index (χ4v) is 8.45. The largest absolute Gasteiger partial charge is 0.457 e. The first kappa shape index (κ1) is 18.9. The van der Waals surface area contributed by atoms with Crippen LogP contribution in [-0.4, -0.2) is 81.2 Å². The predicted molar refractivity (Wildman–Crippen MR) is 92.9 cm³/mol. The lowest BCUT2D eigenvalue weighted by molar-refractivity contribution is -0.263. The molecule has 6 rings (SSSR count). The van der Waals surface area contributed by atoms with Gasteiger partial charge in [0.05, 0.1) is 29.6 Å². The van der Waals surface area contributed by atoms with Gasteiger partial charge >= 0.3 is 5.97 Å². The Morgan fingerprint density at radius 3 is 2.52 bits per heavy atom. The molecule has 0 radical (unpaired) electrons. The SMILES string of the molecule is C[C@@H]1COC2CC34C5OC(=O)C3(OC3O[C@H](O)[C@H](O)C34[C@H](C(C)(C)C)[C@H]5O)[C@]21O. The first-order valence-electron chi connectivity index (χ1n) is 10.3. The van der Waals surface area contributed by atoms with E-state index in [4.69, 9.17) is 18.9 Å².